The van der Waals surface area contributed by atoms with Crippen LogP contribution in [-0.2, 0) is 17.8 Å². The molecule has 24 heavy (non-hydrogen) atoms. The molecule has 128 valence electrons. The van der Waals surface area contributed by atoms with Gasteiger partial charge >= 0.3 is 0 Å². The van der Waals surface area contributed by atoms with Gasteiger partial charge in [-0.15, -0.1) is 11.3 Å². The average Bonchev–Trinajstić information content (AvgIpc) is 3.17. The first-order valence-electron chi connectivity index (χ1n) is 8.64. The molecular weight excluding hydrogens is 320 g/mol. The minimum absolute atomic E-state index is 0.200. The molecule has 2 aromatic rings. The van der Waals surface area contributed by atoms with Crippen LogP contribution in [0.25, 0.3) is 0 Å². The predicted molar refractivity (Wildman–Crippen MR) is 95.3 cm³/mol. The van der Waals surface area contributed by atoms with Gasteiger partial charge in [0, 0.05) is 42.9 Å². The molecule has 1 fully saturated rings. The van der Waals surface area contributed by atoms with Gasteiger partial charge in [-0.05, 0) is 32.8 Å². The third-order valence-corrected chi connectivity index (χ3v) is 5.59. The van der Waals surface area contributed by atoms with E-state index in [9.17, 15) is 0 Å². The molecule has 2 aliphatic heterocycles. The van der Waals surface area contributed by atoms with Crippen LogP contribution in [0.2, 0.25) is 0 Å². The van der Waals surface area contributed by atoms with Gasteiger partial charge in [-0.1, -0.05) is 18.2 Å². The predicted octanol–water partition coefficient (Wildman–Crippen LogP) is 4.17. The van der Waals surface area contributed by atoms with Crippen LogP contribution < -0.4 is 4.74 Å². The van der Waals surface area contributed by atoms with Gasteiger partial charge in [0.2, 0.25) is 0 Å². The number of hydrogen-bond donors (Lipinski definition) is 0. The van der Waals surface area contributed by atoms with Crippen molar-refractivity contribution in [3.8, 4) is 5.75 Å². The second-order valence-electron chi connectivity index (χ2n) is 7.28. The fourth-order valence-electron chi connectivity index (χ4n) is 3.55. The topological polar surface area (TPSA) is 34.6 Å². The molecule has 1 aromatic carbocycles. The summed E-state index contributed by atoms with van der Waals surface area (Å²) in [5.41, 5.74) is 1.06. The van der Waals surface area contributed by atoms with E-state index in [2.05, 4.69) is 41.9 Å². The number of fused-ring (bicyclic) bond motifs is 1. The summed E-state index contributed by atoms with van der Waals surface area (Å²) < 4.78 is 12.0. The van der Waals surface area contributed by atoms with Gasteiger partial charge in [0.05, 0.1) is 0 Å². The van der Waals surface area contributed by atoms with Crippen molar-refractivity contribution in [1.29, 1.82) is 0 Å². The first kappa shape index (κ1) is 16.1. The van der Waals surface area contributed by atoms with Crippen molar-refractivity contribution >= 4 is 11.3 Å². The van der Waals surface area contributed by atoms with E-state index >= 15 is 0 Å². The number of benzene rings is 1. The van der Waals surface area contributed by atoms with Crippen molar-refractivity contribution in [1.82, 2.24) is 9.88 Å². The molecule has 0 saturated carbocycles. The molecule has 4 nitrogen and oxygen atoms in total. The Morgan fingerprint density at radius 2 is 2.21 bits per heavy atom. The Balaban J connectivity index is 1.51. The monoisotopic (exact) mass is 344 g/mol. The zero-order valence-corrected chi connectivity index (χ0v) is 15.1. The number of nitrogens with zero attached hydrogens (tertiary/aromatic N) is 2. The third kappa shape index (κ3) is 3.48. The third-order valence-electron chi connectivity index (χ3n) is 4.51. The summed E-state index contributed by atoms with van der Waals surface area (Å²) >= 11 is 1.79. The summed E-state index contributed by atoms with van der Waals surface area (Å²) in [6.07, 6.45) is 4.49. The molecule has 0 amide bonds. The van der Waals surface area contributed by atoms with E-state index in [-0.39, 0.29) is 11.7 Å². The summed E-state index contributed by atoms with van der Waals surface area (Å²) in [5.74, 6) is 1.01. The van der Waals surface area contributed by atoms with Crippen molar-refractivity contribution in [2.45, 2.75) is 51.5 Å². The zero-order chi connectivity index (χ0) is 16.6. The molecule has 1 aromatic heterocycles. The lowest BCUT2D eigenvalue weighted by molar-refractivity contribution is 0.0686. The zero-order valence-electron chi connectivity index (χ0n) is 14.3. The first-order chi connectivity index (χ1) is 11.6. The standard InChI is InChI=1S/C19H24N2O2S/c1-19(2)13-21(11-14-6-3-4-7-16(14)23-19)12-15-10-20-18(24-15)17-8-5-9-22-17/h3-4,6-7,10,17H,5,8-9,11-13H2,1-2H3. The lowest BCUT2D eigenvalue weighted by Gasteiger charge is -2.29. The molecule has 1 atom stereocenters. The fourth-order valence-corrected chi connectivity index (χ4v) is 4.59. The Labute approximate surface area is 147 Å². The Bertz CT molecular complexity index is 707. The SMILES string of the molecule is CC1(C)CN(Cc2cnc(C3CCCO3)s2)Cc2ccccc2O1. The first-order valence-corrected chi connectivity index (χ1v) is 9.46. The minimum atomic E-state index is -0.200. The smallest absolute Gasteiger partial charge is 0.124 e. The van der Waals surface area contributed by atoms with Crippen LogP contribution in [0, 0.1) is 0 Å². The van der Waals surface area contributed by atoms with Gasteiger partial charge in [0.25, 0.3) is 0 Å². The lowest BCUT2D eigenvalue weighted by atomic mass is 10.1. The second-order valence-corrected chi connectivity index (χ2v) is 8.43. The number of aromatic nitrogens is 1. The van der Waals surface area contributed by atoms with Crippen LogP contribution in [0.3, 0.4) is 0 Å². The van der Waals surface area contributed by atoms with Gasteiger partial charge in [0.1, 0.15) is 22.5 Å². The van der Waals surface area contributed by atoms with Crippen molar-refractivity contribution in [3.05, 3.63) is 45.9 Å². The van der Waals surface area contributed by atoms with E-state index in [1.807, 2.05) is 12.3 Å². The molecule has 1 unspecified atom stereocenters. The van der Waals surface area contributed by atoms with Crippen molar-refractivity contribution in [3.63, 3.8) is 0 Å². The molecule has 2 aliphatic rings. The molecular formula is C19H24N2O2S. The molecule has 0 spiro atoms. The normalized spacial score (nSPS) is 23.5. The highest BCUT2D eigenvalue weighted by Crippen LogP contribution is 2.33. The van der Waals surface area contributed by atoms with Crippen LogP contribution in [-0.4, -0.2) is 28.6 Å². The maximum Gasteiger partial charge on any atom is 0.124 e. The van der Waals surface area contributed by atoms with E-state index in [0.717, 1.165) is 49.8 Å². The molecule has 0 N–H and O–H groups in total. The fraction of sp³-hybridized carbons (Fsp3) is 0.526. The maximum absolute atomic E-state index is 6.22. The summed E-state index contributed by atoms with van der Waals surface area (Å²) in [5, 5.41) is 1.13. The molecule has 5 heteroatoms. The van der Waals surface area contributed by atoms with Gasteiger partial charge in [0.15, 0.2) is 0 Å². The Hall–Kier alpha value is -1.43. The van der Waals surface area contributed by atoms with E-state index in [4.69, 9.17) is 9.47 Å². The van der Waals surface area contributed by atoms with Crippen LogP contribution in [0.5, 0.6) is 5.75 Å². The number of rotatable bonds is 3. The molecule has 1 saturated heterocycles. The molecule has 0 bridgehead atoms. The van der Waals surface area contributed by atoms with E-state index in [0.29, 0.717) is 0 Å². The van der Waals surface area contributed by atoms with Gasteiger partial charge in [-0.25, -0.2) is 4.98 Å². The molecule has 0 radical (unpaired) electrons. The molecule has 0 aliphatic carbocycles. The van der Waals surface area contributed by atoms with Gasteiger partial charge in [-0.3, -0.25) is 4.90 Å². The van der Waals surface area contributed by atoms with E-state index < -0.39 is 0 Å². The van der Waals surface area contributed by atoms with Gasteiger partial charge < -0.3 is 9.47 Å². The van der Waals surface area contributed by atoms with E-state index in [1.54, 1.807) is 11.3 Å². The molecule has 4 rings (SSSR count). The van der Waals surface area contributed by atoms with Crippen molar-refractivity contribution in [2.75, 3.05) is 13.2 Å². The van der Waals surface area contributed by atoms with Gasteiger partial charge in [-0.2, -0.15) is 0 Å². The summed E-state index contributed by atoms with van der Waals surface area (Å²) in [7, 11) is 0. The minimum Gasteiger partial charge on any atom is -0.486 e. The summed E-state index contributed by atoms with van der Waals surface area (Å²) in [6.45, 7) is 7.90. The number of para-hydroxylation sites is 1. The second kappa shape index (κ2) is 6.47. The summed E-state index contributed by atoms with van der Waals surface area (Å²) in [6, 6.07) is 8.36. The highest BCUT2D eigenvalue weighted by molar-refractivity contribution is 7.11. The van der Waals surface area contributed by atoms with Crippen LogP contribution in [0.15, 0.2) is 30.5 Å². The maximum atomic E-state index is 6.22. The average molecular weight is 344 g/mol. The van der Waals surface area contributed by atoms with Crippen molar-refractivity contribution in [2.24, 2.45) is 0 Å². The quantitative estimate of drug-likeness (QED) is 0.837. The van der Waals surface area contributed by atoms with E-state index in [1.165, 1.54) is 10.4 Å². The number of hydrogen-bond acceptors (Lipinski definition) is 5. The van der Waals surface area contributed by atoms with Crippen LogP contribution >= 0.6 is 11.3 Å². The highest BCUT2D eigenvalue weighted by Gasteiger charge is 2.29. The van der Waals surface area contributed by atoms with Crippen LogP contribution in [0.1, 0.15) is 48.2 Å². The Kier molecular flexibility index (Phi) is 4.33. The lowest BCUT2D eigenvalue weighted by Crippen LogP contribution is -2.40. The largest absolute Gasteiger partial charge is 0.486 e. The van der Waals surface area contributed by atoms with Crippen LogP contribution in [0.4, 0.5) is 0 Å². The van der Waals surface area contributed by atoms with Crippen molar-refractivity contribution < 1.29 is 9.47 Å². The Morgan fingerprint density at radius 1 is 1.33 bits per heavy atom. The highest BCUT2D eigenvalue weighted by atomic mass is 32.1. The number of ether oxygens (including phenoxy) is 2. The summed E-state index contributed by atoms with van der Waals surface area (Å²) in [4.78, 5) is 8.36. The molecule has 3 heterocycles. The Morgan fingerprint density at radius 3 is 3.04 bits per heavy atom. The number of thiazole rings is 1.